The molecule has 0 saturated carbocycles. The van der Waals surface area contributed by atoms with Gasteiger partial charge in [0, 0.05) is 0 Å². The van der Waals surface area contributed by atoms with Crippen molar-refractivity contribution in [2.24, 2.45) is 0 Å². The van der Waals surface area contributed by atoms with Gasteiger partial charge in [-0.1, -0.05) is 36.9 Å². The predicted molar refractivity (Wildman–Crippen MR) is 59.8 cm³/mol. The normalized spacial score (nSPS) is 9.77. The van der Waals surface area contributed by atoms with E-state index >= 15 is 0 Å². The van der Waals surface area contributed by atoms with Crippen molar-refractivity contribution in [3.8, 4) is 0 Å². The molecule has 68 valence electrons. The second-order valence-corrected chi connectivity index (χ2v) is 3.53. The number of aryl methyl sites for hydroxylation is 2. The zero-order chi connectivity index (χ0) is 10.0. The number of benzene rings is 1. The Hall–Kier alpha value is -1.30. The fourth-order valence-corrected chi connectivity index (χ4v) is 1.50. The SMILES string of the molecule is C=C(C)C(=C)c1c(C)cccc1C. The quantitative estimate of drug-likeness (QED) is 0.594. The van der Waals surface area contributed by atoms with Gasteiger partial charge in [0.1, 0.15) is 0 Å². The lowest BCUT2D eigenvalue weighted by molar-refractivity contribution is 1.33. The first kappa shape index (κ1) is 9.79. The highest BCUT2D eigenvalue weighted by atomic mass is 14.1. The third-order valence-corrected chi connectivity index (χ3v) is 2.30. The molecule has 0 N–H and O–H groups in total. The van der Waals surface area contributed by atoms with Crippen LogP contribution in [0.3, 0.4) is 0 Å². The zero-order valence-corrected chi connectivity index (χ0v) is 8.65. The minimum Gasteiger partial charge on any atom is -0.0955 e. The summed E-state index contributed by atoms with van der Waals surface area (Å²) in [6.07, 6.45) is 0. The molecule has 0 aliphatic rings. The van der Waals surface area contributed by atoms with Gasteiger partial charge in [-0.15, -0.1) is 0 Å². The molecule has 1 aromatic rings. The summed E-state index contributed by atoms with van der Waals surface area (Å²) in [5, 5.41) is 0. The van der Waals surface area contributed by atoms with Gasteiger partial charge in [0.25, 0.3) is 0 Å². The van der Waals surface area contributed by atoms with Crippen molar-refractivity contribution in [2.75, 3.05) is 0 Å². The Morgan fingerprint density at radius 3 is 1.92 bits per heavy atom. The number of hydrogen-bond acceptors (Lipinski definition) is 0. The van der Waals surface area contributed by atoms with Crippen LogP contribution in [0.1, 0.15) is 23.6 Å². The van der Waals surface area contributed by atoms with Crippen LogP contribution in [0, 0.1) is 13.8 Å². The summed E-state index contributed by atoms with van der Waals surface area (Å²) in [4.78, 5) is 0. The second-order valence-electron chi connectivity index (χ2n) is 3.53. The Kier molecular flexibility index (Phi) is 2.72. The van der Waals surface area contributed by atoms with Crippen LogP contribution in [-0.4, -0.2) is 0 Å². The van der Waals surface area contributed by atoms with Crippen molar-refractivity contribution in [2.45, 2.75) is 20.8 Å². The molecule has 0 radical (unpaired) electrons. The van der Waals surface area contributed by atoms with E-state index < -0.39 is 0 Å². The first-order valence-electron chi connectivity index (χ1n) is 4.45. The van der Waals surface area contributed by atoms with E-state index in [-0.39, 0.29) is 0 Å². The van der Waals surface area contributed by atoms with Crippen molar-refractivity contribution < 1.29 is 0 Å². The monoisotopic (exact) mass is 172 g/mol. The Labute approximate surface area is 80.6 Å². The molecule has 1 rings (SSSR count). The minimum atomic E-state index is 1.04. The van der Waals surface area contributed by atoms with E-state index in [0.29, 0.717) is 0 Å². The molecule has 0 amide bonds. The van der Waals surface area contributed by atoms with Gasteiger partial charge >= 0.3 is 0 Å². The molecule has 0 atom stereocenters. The van der Waals surface area contributed by atoms with E-state index in [1.807, 2.05) is 6.92 Å². The molecule has 0 aromatic heterocycles. The molecule has 0 unspecified atom stereocenters. The summed E-state index contributed by atoms with van der Waals surface area (Å²) < 4.78 is 0. The second kappa shape index (κ2) is 3.61. The molecular weight excluding hydrogens is 156 g/mol. The van der Waals surface area contributed by atoms with Crippen molar-refractivity contribution in [1.82, 2.24) is 0 Å². The molecule has 0 bridgehead atoms. The van der Waals surface area contributed by atoms with E-state index in [1.165, 1.54) is 16.7 Å². The van der Waals surface area contributed by atoms with Crippen LogP contribution in [-0.2, 0) is 0 Å². The lowest BCUT2D eigenvalue weighted by Crippen LogP contribution is -1.92. The molecule has 0 heteroatoms. The molecule has 0 spiro atoms. The molecular formula is C13H16. The Bertz CT molecular complexity index is 336. The van der Waals surface area contributed by atoms with E-state index in [4.69, 9.17) is 0 Å². The van der Waals surface area contributed by atoms with Gasteiger partial charge in [-0.25, -0.2) is 0 Å². The maximum Gasteiger partial charge on any atom is -0.0129 e. The molecule has 0 aliphatic carbocycles. The number of hydrogen-bond donors (Lipinski definition) is 0. The molecule has 0 heterocycles. The first-order chi connectivity index (χ1) is 6.04. The maximum atomic E-state index is 4.05. The average molecular weight is 172 g/mol. The summed E-state index contributed by atoms with van der Waals surface area (Å²) in [6.45, 7) is 14.2. The van der Waals surface area contributed by atoms with Crippen LogP contribution in [0.4, 0.5) is 0 Å². The highest BCUT2D eigenvalue weighted by Gasteiger charge is 2.05. The van der Waals surface area contributed by atoms with E-state index in [9.17, 15) is 0 Å². The number of rotatable bonds is 2. The Morgan fingerprint density at radius 1 is 1.08 bits per heavy atom. The lowest BCUT2D eigenvalue weighted by Gasteiger charge is -2.11. The van der Waals surface area contributed by atoms with E-state index in [1.54, 1.807) is 0 Å². The van der Waals surface area contributed by atoms with Crippen LogP contribution in [0.15, 0.2) is 36.9 Å². The highest BCUT2D eigenvalue weighted by molar-refractivity contribution is 5.79. The lowest BCUT2D eigenvalue weighted by atomic mass is 9.93. The summed E-state index contributed by atoms with van der Waals surface area (Å²) in [6, 6.07) is 6.28. The largest absolute Gasteiger partial charge is 0.0955 e. The van der Waals surface area contributed by atoms with Crippen molar-refractivity contribution in [1.29, 1.82) is 0 Å². The molecule has 1 aromatic carbocycles. The smallest absolute Gasteiger partial charge is 0.0129 e. The van der Waals surface area contributed by atoms with Gasteiger partial charge in [-0.2, -0.15) is 0 Å². The number of allylic oxidation sites excluding steroid dienone is 2. The van der Waals surface area contributed by atoms with Gasteiger partial charge < -0.3 is 0 Å². The van der Waals surface area contributed by atoms with Crippen LogP contribution < -0.4 is 0 Å². The maximum absolute atomic E-state index is 4.05. The standard InChI is InChI=1S/C13H16/c1-9(2)12(5)13-10(3)7-6-8-11(13)4/h6-8H,1,5H2,2-4H3. The third kappa shape index (κ3) is 1.89. The summed E-state index contributed by atoms with van der Waals surface area (Å²) in [5.41, 5.74) is 5.88. The fourth-order valence-electron chi connectivity index (χ4n) is 1.50. The van der Waals surface area contributed by atoms with Gasteiger partial charge in [0.15, 0.2) is 0 Å². The van der Waals surface area contributed by atoms with E-state index in [0.717, 1.165) is 11.1 Å². The topological polar surface area (TPSA) is 0 Å². The van der Waals surface area contributed by atoms with Crippen molar-refractivity contribution >= 4 is 5.57 Å². The molecule has 0 nitrogen and oxygen atoms in total. The molecule has 13 heavy (non-hydrogen) atoms. The molecule has 0 aliphatic heterocycles. The van der Waals surface area contributed by atoms with Crippen LogP contribution in [0.5, 0.6) is 0 Å². The first-order valence-corrected chi connectivity index (χ1v) is 4.45. The van der Waals surface area contributed by atoms with E-state index in [2.05, 4.69) is 45.2 Å². The van der Waals surface area contributed by atoms with Gasteiger partial charge in [-0.3, -0.25) is 0 Å². The van der Waals surface area contributed by atoms with Gasteiger partial charge in [0.05, 0.1) is 0 Å². The Balaban J connectivity index is 3.28. The summed E-state index contributed by atoms with van der Waals surface area (Å²) in [7, 11) is 0. The predicted octanol–water partition coefficient (Wildman–Crippen LogP) is 3.89. The van der Waals surface area contributed by atoms with Gasteiger partial charge in [0.2, 0.25) is 0 Å². The van der Waals surface area contributed by atoms with Crippen LogP contribution in [0.2, 0.25) is 0 Å². The molecule has 0 saturated heterocycles. The summed E-state index contributed by atoms with van der Waals surface area (Å²) in [5.74, 6) is 0. The van der Waals surface area contributed by atoms with Crippen LogP contribution >= 0.6 is 0 Å². The molecule has 0 fully saturated rings. The average Bonchev–Trinajstić information content (AvgIpc) is 2.03. The van der Waals surface area contributed by atoms with Crippen LogP contribution in [0.25, 0.3) is 5.57 Å². The highest BCUT2D eigenvalue weighted by Crippen LogP contribution is 2.25. The minimum absolute atomic E-state index is 1.04. The zero-order valence-electron chi connectivity index (χ0n) is 8.65. The third-order valence-electron chi connectivity index (χ3n) is 2.30. The Morgan fingerprint density at radius 2 is 1.54 bits per heavy atom. The van der Waals surface area contributed by atoms with Crippen molar-refractivity contribution in [3.63, 3.8) is 0 Å². The van der Waals surface area contributed by atoms with Gasteiger partial charge in [-0.05, 0) is 43.0 Å². The van der Waals surface area contributed by atoms with Crippen molar-refractivity contribution in [3.05, 3.63) is 53.6 Å². The fraction of sp³-hybridized carbons (Fsp3) is 0.231. The summed E-state index contributed by atoms with van der Waals surface area (Å²) >= 11 is 0.